The summed E-state index contributed by atoms with van der Waals surface area (Å²) in [5.74, 6) is -0.228. The summed E-state index contributed by atoms with van der Waals surface area (Å²) in [7, 11) is 0. The van der Waals surface area contributed by atoms with Crippen molar-refractivity contribution in [2.75, 3.05) is 5.32 Å². The van der Waals surface area contributed by atoms with Crippen LogP contribution in [-0.4, -0.2) is 15.7 Å². The highest BCUT2D eigenvalue weighted by molar-refractivity contribution is 6.04. The molecule has 32 heavy (non-hydrogen) atoms. The number of anilines is 1. The Morgan fingerprint density at radius 2 is 1.53 bits per heavy atom. The number of hydrogen-bond acceptors (Lipinski definition) is 2. The molecular weight excluding hydrogens is 394 g/mol. The van der Waals surface area contributed by atoms with E-state index in [2.05, 4.69) is 46.8 Å². The summed E-state index contributed by atoms with van der Waals surface area (Å²) in [6.07, 6.45) is 0. The van der Waals surface area contributed by atoms with Gasteiger partial charge in [0.1, 0.15) is 0 Å². The zero-order valence-electron chi connectivity index (χ0n) is 18.0. The number of carbonyl (C=O) groups is 1. The summed E-state index contributed by atoms with van der Waals surface area (Å²) in [4.78, 5) is 13.1. The molecule has 1 heterocycles. The molecule has 0 aliphatic carbocycles. The van der Waals surface area contributed by atoms with Gasteiger partial charge in [-0.25, -0.2) is 4.68 Å². The van der Waals surface area contributed by atoms with Crippen molar-refractivity contribution >= 4 is 22.4 Å². The second-order valence-electron chi connectivity index (χ2n) is 8.00. The van der Waals surface area contributed by atoms with Crippen LogP contribution in [0.3, 0.4) is 0 Å². The largest absolute Gasteiger partial charge is 0.320 e. The van der Waals surface area contributed by atoms with Crippen molar-refractivity contribution in [3.8, 4) is 16.9 Å². The third kappa shape index (κ3) is 3.79. The van der Waals surface area contributed by atoms with Gasteiger partial charge in [0.15, 0.2) is 5.69 Å². The van der Waals surface area contributed by atoms with Crippen molar-refractivity contribution < 1.29 is 4.79 Å². The molecule has 0 aliphatic rings. The van der Waals surface area contributed by atoms with E-state index in [-0.39, 0.29) is 5.91 Å². The highest BCUT2D eigenvalue weighted by atomic mass is 16.2. The SMILES string of the molecule is Cc1ccc(NC(=O)c2cc(-c3ccc4ccccc4c3)n(-c3ccccc3)n2)c(C)c1. The molecule has 156 valence electrons. The minimum atomic E-state index is -0.228. The van der Waals surface area contributed by atoms with E-state index >= 15 is 0 Å². The molecular formula is C28H23N3O. The zero-order valence-corrected chi connectivity index (χ0v) is 18.0. The van der Waals surface area contributed by atoms with Gasteiger partial charge in [-0.1, -0.05) is 72.3 Å². The maximum absolute atomic E-state index is 13.1. The number of hydrogen-bond donors (Lipinski definition) is 1. The number of nitrogens with one attached hydrogen (secondary N) is 1. The minimum absolute atomic E-state index is 0.228. The predicted molar refractivity (Wildman–Crippen MR) is 130 cm³/mol. The average molecular weight is 418 g/mol. The Morgan fingerprint density at radius 3 is 2.31 bits per heavy atom. The van der Waals surface area contributed by atoms with E-state index < -0.39 is 0 Å². The molecule has 0 saturated carbocycles. The summed E-state index contributed by atoms with van der Waals surface area (Å²) < 4.78 is 1.83. The molecule has 4 nitrogen and oxygen atoms in total. The third-order valence-corrected chi connectivity index (χ3v) is 5.62. The van der Waals surface area contributed by atoms with E-state index in [1.807, 2.05) is 79.2 Å². The third-order valence-electron chi connectivity index (χ3n) is 5.62. The Bertz CT molecular complexity index is 1430. The highest BCUT2D eigenvalue weighted by Gasteiger charge is 2.18. The molecule has 0 atom stereocenters. The molecule has 4 aromatic carbocycles. The molecule has 0 unspecified atom stereocenters. The van der Waals surface area contributed by atoms with Gasteiger partial charge in [-0.05, 0) is 60.5 Å². The Balaban J connectivity index is 1.58. The monoisotopic (exact) mass is 417 g/mol. The van der Waals surface area contributed by atoms with Crippen molar-refractivity contribution in [1.82, 2.24) is 9.78 Å². The molecule has 0 spiro atoms. The first-order chi connectivity index (χ1) is 15.6. The Morgan fingerprint density at radius 1 is 0.781 bits per heavy atom. The lowest BCUT2D eigenvalue weighted by Gasteiger charge is -2.08. The van der Waals surface area contributed by atoms with E-state index in [1.54, 1.807) is 0 Å². The van der Waals surface area contributed by atoms with E-state index in [0.717, 1.165) is 39.1 Å². The molecule has 5 aromatic rings. The van der Waals surface area contributed by atoms with Gasteiger partial charge in [0.25, 0.3) is 5.91 Å². The Labute approximate surface area is 187 Å². The van der Waals surface area contributed by atoms with Crippen LogP contribution in [0.25, 0.3) is 27.7 Å². The molecule has 0 saturated heterocycles. The fraction of sp³-hybridized carbons (Fsp3) is 0.0714. The van der Waals surface area contributed by atoms with E-state index in [4.69, 9.17) is 0 Å². The fourth-order valence-electron chi connectivity index (χ4n) is 3.95. The number of amides is 1. The topological polar surface area (TPSA) is 46.9 Å². The van der Waals surface area contributed by atoms with Crippen molar-refractivity contribution in [3.05, 3.63) is 114 Å². The van der Waals surface area contributed by atoms with Gasteiger partial charge in [0, 0.05) is 11.3 Å². The van der Waals surface area contributed by atoms with Crippen LogP contribution in [0, 0.1) is 13.8 Å². The summed E-state index contributed by atoms with van der Waals surface area (Å²) in [5.41, 5.74) is 6.13. The number of benzene rings is 4. The Kier molecular flexibility index (Phi) is 5.04. The van der Waals surface area contributed by atoms with Gasteiger partial charge in [0.05, 0.1) is 11.4 Å². The average Bonchev–Trinajstić information content (AvgIpc) is 3.27. The van der Waals surface area contributed by atoms with E-state index in [9.17, 15) is 4.79 Å². The fourth-order valence-corrected chi connectivity index (χ4v) is 3.95. The first-order valence-electron chi connectivity index (χ1n) is 10.6. The summed E-state index contributed by atoms with van der Waals surface area (Å²) in [6.45, 7) is 4.03. The van der Waals surface area contributed by atoms with Gasteiger partial charge in [0.2, 0.25) is 0 Å². The maximum atomic E-state index is 13.1. The zero-order chi connectivity index (χ0) is 22.1. The van der Waals surface area contributed by atoms with Gasteiger partial charge in [-0.15, -0.1) is 0 Å². The molecule has 0 aliphatic heterocycles. The molecule has 0 radical (unpaired) electrons. The second-order valence-corrected chi connectivity index (χ2v) is 8.00. The van der Waals surface area contributed by atoms with Crippen molar-refractivity contribution in [3.63, 3.8) is 0 Å². The predicted octanol–water partition coefficient (Wildman–Crippen LogP) is 6.56. The molecule has 1 amide bonds. The van der Waals surface area contributed by atoms with Crippen molar-refractivity contribution in [1.29, 1.82) is 0 Å². The lowest BCUT2D eigenvalue weighted by molar-refractivity contribution is 0.102. The number of para-hydroxylation sites is 1. The van der Waals surface area contributed by atoms with Crippen molar-refractivity contribution in [2.24, 2.45) is 0 Å². The van der Waals surface area contributed by atoms with Crippen LogP contribution in [0.4, 0.5) is 5.69 Å². The minimum Gasteiger partial charge on any atom is -0.320 e. The molecule has 4 heteroatoms. The van der Waals surface area contributed by atoms with Gasteiger partial charge in [-0.2, -0.15) is 5.10 Å². The number of aryl methyl sites for hydroxylation is 2. The van der Waals surface area contributed by atoms with Crippen LogP contribution in [0.1, 0.15) is 21.6 Å². The Hall–Kier alpha value is -4.18. The first-order valence-corrected chi connectivity index (χ1v) is 10.6. The van der Waals surface area contributed by atoms with E-state index in [1.165, 1.54) is 5.39 Å². The lowest BCUT2D eigenvalue weighted by atomic mass is 10.0. The van der Waals surface area contributed by atoms with Crippen LogP contribution >= 0.6 is 0 Å². The van der Waals surface area contributed by atoms with Crippen LogP contribution in [0.2, 0.25) is 0 Å². The van der Waals surface area contributed by atoms with Crippen LogP contribution in [-0.2, 0) is 0 Å². The van der Waals surface area contributed by atoms with Crippen molar-refractivity contribution in [2.45, 2.75) is 13.8 Å². The summed E-state index contributed by atoms with van der Waals surface area (Å²) in [6, 6.07) is 32.3. The molecule has 1 N–H and O–H groups in total. The summed E-state index contributed by atoms with van der Waals surface area (Å²) >= 11 is 0. The molecule has 5 rings (SSSR count). The maximum Gasteiger partial charge on any atom is 0.276 e. The highest BCUT2D eigenvalue weighted by Crippen LogP contribution is 2.28. The number of nitrogens with zero attached hydrogens (tertiary/aromatic N) is 2. The quantitative estimate of drug-likeness (QED) is 0.360. The standard InChI is InChI=1S/C28H23N3O/c1-19-12-15-25(20(2)16-19)29-28(32)26-18-27(31(30-26)24-10-4-3-5-11-24)23-14-13-21-8-6-7-9-22(21)17-23/h3-18H,1-2H3,(H,29,32). The second kappa shape index (κ2) is 8.16. The number of fused-ring (bicyclic) bond motifs is 1. The molecule has 0 bridgehead atoms. The number of rotatable bonds is 4. The van der Waals surface area contributed by atoms with E-state index in [0.29, 0.717) is 5.69 Å². The van der Waals surface area contributed by atoms with Gasteiger partial charge in [-0.3, -0.25) is 4.79 Å². The van der Waals surface area contributed by atoms with Crippen LogP contribution in [0.15, 0.2) is 97.1 Å². The summed E-state index contributed by atoms with van der Waals surface area (Å²) in [5, 5.41) is 10.0. The molecule has 1 aromatic heterocycles. The van der Waals surface area contributed by atoms with Crippen LogP contribution < -0.4 is 5.32 Å². The number of carbonyl (C=O) groups excluding carboxylic acids is 1. The van der Waals surface area contributed by atoms with Gasteiger partial charge >= 0.3 is 0 Å². The normalized spacial score (nSPS) is 10.9. The lowest BCUT2D eigenvalue weighted by Crippen LogP contribution is -2.14. The smallest absolute Gasteiger partial charge is 0.276 e. The van der Waals surface area contributed by atoms with Crippen LogP contribution in [0.5, 0.6) is 0 Å². The first kappa shape index (κ1) is 19.8. The number of aromatic nitrogens is 2. The van der Waals surface area contributed by atoms with Gasteiger partial charge < -0.3 is 5.32 Å². The molecule has 0 fully saturated rings.